The number of nitro benzene ring substituents is 1. The topological polar surface area (TPSA) is 110 Å². The molecule has 1 unspecified atom stereocenters. The zero-order valence-electron chi connectivity index (χ0n) is 13.9. The van der Waals surface area contributed by atoms with Crippen LogP contribution in [-0.2, 0) is 15.4 Å². The Morgan fingerprint density at radius 3 is 2.42 bits per heavy atom. The lowest BCUT2D eigenvalue weighted by Crippen LogP contribution is -2.32. The van der Waals surface area contributed by atoms with Crippen molar-refractivity contribution in [3.63, 3.8) is 0 Å². The molecule has 2 rings (SSSR count). The monoisotopic (exact) mass is 386 g/mol. The van der Waals surface area contributed by atoms with Gasteiger partial charge in [-0.05, 0) is 25.1 Å². The van der Waals surface area contributed by atoms with E-state index in [2.05, 4.69) is 5.32 Å². The molecule has 0 saturated heterocycles. The van der Waals surface area contributed by atoms with Gasteiger partial charge < -0.3 is 10.4 Å². The first-order valence-corrected chi connectivity index (χ1v) is 9.21. The summed E-state index contributed by atoms with van der Waals surface area (Å²) in [5.41, 5.74) is -2.30. The zero-order chi connectivity index (χ0) is 19.7. The molecule has 140 valence electrons. The number of anilines is 1. The fourth-order valence-electron chi connectivity index (χ4n) is 2.37. The fourth-order valence-corrected chi connectivity index (χ4v) is 3.23. The molecule has 7 nitrogen and oxygen atoms in total. The van der Waals surface area contributed by atoms with E-state index in [1.165, 1.54) is 13.0 Å². The summed E-state index contributed by atoms with van der Waals surface area (Å²) in [5.74, 6) is -1.72. The fraction of sp³-hybridized carbons (Fsp3) is 0.250. The maximum Gasteiger partial charge on any atom is 0.288 e. The summed E-state index contributed by atoms with van der Waals surface area (Å²) in [6.45, 7) is 1.04. The van der Waals surface area contributed by atoms with Crippen molar-refractivity contribution in [2.45, 2.75) is 17.4 Å². The number of aliphatic hydroxyl groups is 1. The van der Waals surface area contributed by atoms with Gasteiger partial charge in [-0.25, -0.2) is 17.2 Å². The molecule has 10 heteroatoms. The van der Waals surface area contributed by atoms with Crippen molar-refractivity contribution in [3.8, 4) is 0 Å². The van der Waals surface area contributed by atoms with Crippen LogP contribution in [0.25, 0.3) is 0 Å². The Balaban J connectivity index is 2.30. The van der Waals surface area contributed by atoms with E-state index in [0.717, 1.165) is 30.5 Å². The maximum atomic E-state index is 13.9. The van der Waals surface area contributed by atoms with Gasteiger partial charge in [-0.3, -0.25) is 10.1 Å². The summed E-state index contributed by atoms with van der Waals surface area (Å²) in [4.78, 5) is 9.65. The largest absolute Gasteiger partial charge is 0.383 e. The molecule has 0 aliphatic rings. The molecule has 0 fully saturated rings. The molecule has 0 amide bonds. The van der Waals surface area contributed by atoms with Gasteiger partial charge in [-0.15, -0.1) is 0 Å². The Bertz CT molecular complexity index is 961. The summed E-state index contributed by atoms with van der Waals surface area (Å²) >= 11 is 0. The van der Waals surface area contributed by atoms with Crippen LogP contribution >= 0.6 is 0 Å². The van der Waals surface area contributed by atoms with E-state index in [-0.39, 0.29) is 17.8 Å². The molecule has 0 spiro atoms. The molecule has 2 aromatic carbocycles. The van der Waals surface area contributed by atoms with E-state index >= 15 is 0 Å². The highest BCUT2D eigenvalue weighted by atomic mass is 32.2. The average molecular weight is 386 g/mol. The smallest absolute Gasteiger partial charge is 0.288 e. The minimum Gasteiger partial charge on any atom is -0.383 e. The average Bonchev–Trinajstić information content (AvgIpc) is 2.51. The Kier molecular flexibility index (Phi) is 5.28. The molecular formula is C16H16F2N2O5S. The van der Waals surface area contributed by atoms with Gasteiger partial charge in [0, 0.05) is 36.2 Å². The summed E-state index contributed by atoms with van der Waals surface area (Å²) in [7, 11) is -3.86. The molecule has 2 aromatic rings. The maximum absolute atomic E-state index is 13.9. The number of halogens is 2. The summed E-state index contributed by atoms with van der Waals surface area (Å²) < 4.78 is 50.3. The number of hydrogen-bond donors (Lipinski definition) is 2. The molecular weight excluding hydrogens is 370 g/mol. The minimum absolute atomic E-state index is 0.156. The van der Waals surface area contributed by atoms with Crippen LogP contribution in [0.4, 0.5) is 20.2 Å². The third-order valence-electron chi connectivity index (χ3n) is 3.70. The van der Waals surface area contributed by atoms with Crippen molar-refractivity contribution in [1.82, 2.24) is 0 Å². The van der Waals surface area contributed by atoms with Crippen molar-refractivity contribution in [3.05, 3.63) is 63.7 Å². The van der Waals surface area contributed by atoms with Gasteiger partial charge >= 0.3 is 0 Å². The van der Waals surface area contributed by atoms with Gasteiger partial charge in [0.05, 0.1) is 4.92 Å². The van der Waals surface area contributed by atoms with Crippen LogP contribution in [-0.4, -0.2) is 31.2 Å². The molecule has 0 aromatic heterocycles. The lowest BCUT2D eigenvalue weighted by molar-refractivity contribution is -0.387. The Morgan fingerprint density at radius 1 is 1.23 bits per heavy atom. The van der Waals surface area contributed by atoms with Crippen LogP contribution in [0.2, 0.25) is 0 Å². The van der Waals surface area contributed by atoms with Gasteiger partial charge in [-0.1, -0.05) is 6.07 Å². The van der Waals surface area contributed by atoms with Gasteiger partial charge in [0.2, 0.25) is 0 Å². The number of nitrogens with one attached hydrogen (secondary N) is 1. The van der Waals surface area contributed by atoms with E-state index < -0.39 is 42.6 Å². The first-order valence-electron chi connectivity index (χ1n) is 7.32. The van der Waals surface area contributed by atoms with Gasteiger partial charge in [0.25, 0.3) is 5.69 Å². The zero-order valence-corrected chi connectivity index (χ0v) is 14.7. The first kappa shape index (κ1) is 19.7. The van der Waals surface area contributed by atoms with Crippen LogP contribution in [0.1, 0.15) is 12.5 Å². The highest BCUT2D eigenvalue weighted by Gasteiger charge is 2.28. The number of benzene rings is 2. The summed E-state index contributed by atoms with van der Waals surface area (Å²) in [5, 5.41) is 24.1. The van der Waals surface area contributed by atoms with Crippen LogP contribution in [0, 0.1) is 21.7 Å². The van der Waals surface area contributed by atoms with Gasteiger partial charge in [-0.2, -0.15) is 0 Å². The number of nitrogens with zero attached hydrogens (tertiary/aromatic N) is 1. The predicted octanol–water partition coefficient (Wildman–Crippen LogP) is 2.60. The molecule has 0 bridgehead atoms. The van der Waals surface area contributed by atoms with Crippen LogP contribution in [0.15, 0.2) is 41.3 Å². The number of hydrogen-bond acceptors (Lipinski definition) is 6. The third kappa shape index (κ3) is 4.33. The van der Waals surface area contributed by atoms with E-state index in [1.54, 1.807) is 0 Å². The lowest BCUT2D eigenvalue weighted by Gasteiger charge is -2.25. The number of nitro groups is 1. The Hall–Kier alpha value is -2.59. The van der Waals surface area contributed by atoms with E-state index in [9.17, 15) is 32.4 Å². The second-order valence-corrected chi connectivity index (χ2v) is 7.95. The first-order chi connectivity index (χ1) is 11.9. The molecule has 0 aliphatic carbocycles. The highest BCUT2D eigenvalue weighted by Crippen LogP contribution is 2.29. The molecule has 1 atom stereocenters. The van der Waals surface area contributed by atoms with Gasteiger partial charge in [0.1, 0.15) is 22.1 Å². The van der Waals surface area contributed by atoms with E-state index in [4.69, 9.17) is 0 Å². The molecule has 0 heterocycles. The van der Waals surface area contributed by atoms with Crippen molar-refractivity contribution in [2.24, 2.45) is 0 Å². The van der Waals surface area contributed by atoms with Crippen molar-refractivity contribution in [2.75, 3.05) is 18.1 Å². The predicted molar refractivity (Wildman–Crippen MR) is 90.6 cm³/mol. The molecule has 0 saturated carbocycles. The Labute approximate surface area is 148 Å². The lowest BCUT2D eigenvalue weighted by atomic mass is 9.95. The second-order valence-electron chi connectivity index (χ2n) is 5.96. The number of sulfone groups is 1. The van der Waals surface area contributed by atoms with Gasteiger partial charge in [0.15, 0.2) is 9.84 Å². The Morgan fingerprint density at radius 2 is 1.88 bits per heavy atom. The van der Waals surface area contributed by atoms with E-state index in [0.29, 0.717) is 6.07 Å². The standard InChI is InChI=1S/C16H16F2N2O5S/c1-16(21,12-5-3-10(17)7-13(12)18)9-19-11-4-6-14(20(22)23)15(8-11)26(2,24)25/h3-8,19,21H,9H2,1-2H3. The normalized spacial score (nSPS) is 13.9. The molecule has 26 heavy (non-hydrogen) atoms. The molecule has 2 N–H and O–H groups in total. The molecule has 0 aliphatic heterocycles. The highest BCUT2D eigenvalue weighted by molar-refractivity contribution is 7.90. The van der Waals surface area contributed by atoms with Crippen LogP contribution < -0.4 is 5.32 Å². The van der Waals surface area contributed by atoms with Crippen LogP contribution in [0.3, 0.4) is 0 Å². The quantitative estimate of drug-likeness (QED) is 0.583. The summed E-state index contributed by atoms with van der Waals surface area (Å²) in [6.07, 6.45) is 0.836. The van der Waals surface area contributed by atoms with Crippen LogP contribution in [0.5, 0.6) is 0 Å². The molecule has 0 radical (unpaired) electrons. The second kappa shape index (κ2) is 6.96. The number of rotatable bonds is 6. The minimum atomic E-state index is -3.86. The summed E-state index contributed by atoms with van der Waals surface area (Å²) in [6, 6.07) is 6.09. The van der Waals surface area contributed by atoms with Crippen molar-refractivity contribution < 1.29 is 27.2 Å². The van der Waals surface area contributed by atoms with E-state index in [1.807, 2.05) is 0 Å². The SMILES string of the molecule is CC(O)(CNc1ccc([N+](=O)[O-])c(S(C)(=O)=O)c1)c1ccc(F)cc1F. The van der Waals surface area contributed by atoms with Crippen molar-refractivity contribution in [1.29, 1.82) is 0 Å². The third-order valence-corrected chi connectivity index (χ3v) is 4.83. The van der Waals surface area contributed by atoms with Crippen molar-refractivity contribution >= 4 is 21.2 Å².